The molecule has 8 nitrogen and oxygen atoms in total. The van der Waals surface area contributed by atoms with Crippen LogP contribution in [0.4, 0.5) is 5.69 Å². The van der Waals surface area contributed by atoms with Crippen LogP contribution in [0.3, 0.4) is 0 Å². The number of hydrogen-bond donors (Lipinski definition) is 2. The van der Waals surface area contributed by atoms with Crippen LogP contribution >= 0.6 is 24.0 Å². The first-order chi connectivity index (χ1) is 16.2. The number of halogens is 1. The third kappa shape index (κ3) is 6.40. The molecule has 1 aromatic heterocycles. The highest BCUT2D eigenvalue weighted by Gasteiger charge is 2.21. The van der Waals surface area contributed by atoms with Crippen molar-refractivity contribution in [1.82, 2.24) is 25.1 Å². The first kappa shape index (κ1) is 25.8. The molecule has 0 atom stereocenters. The zero-order chi connectivity index (χ0) is 23.0. The maximum Gasteiger partial charge on any atom is 0.242 e. The average molecular weight is 575 g/mol. The monoisotopic (exact) mass is 575 g/mol. The van der Waals surface area contributed by atoms with Crippen molar-refractivity contribution in [2.24, 2.45) is 4.99 Å². The lowest BCUT2D eigenvalue weighted by Gasteiger charge is -2.36. The fourth-order valence-electron chi connectivity index (χ4n) is 4.27. The quantitative estimate of drug-likeness (QED) is 0.196. The predicted octanol–water partition coefficient (Wildman–Crippen LogP) is 2.87. The van der Waals surface area contributed by atoms with E-state index in [9.17, 15) is 4.79 Å². The fourth-order valence-corrected chi connectivity index (χ4v) is 4.27. The Hall–Kier alpha value is -2.82. The number of imidazole rings is 1. The third-order valence-corrected chi connectivity index (χ3v) is 6.08. The lowest BCUT2D eigenvalue weighted by atomic mass is 10.2. The number of aromatic nitrogens is 2. The van der Waals surface area contributed by atoms with Crippen LogP contribution in [-0.4, -0.2) is 72.6 Å². The third-order valence-electron chi connectivity index (χ3n) is 6.08. The molecule has 0 bridgehead atoms. The van der Waals surface area contributed by atoms with Gasteiger partial charge >= 0.3 is 0 Å². The molecule has 34 heavy (non-hydrogen) atoms. The number of carbonyl (C=O) groups is 1. The molecule has 3 aromatic rings. The molecule has 1 saturated heterocycles. The van der Waals surface area contributed by atoms with E-state index in [2.05, 4.69) is 48.3 Å². The summed E-state index contributed by atoms with van der Waals surface area (Å²) in [6.07, 6.45) is 0.928. The molecule has 1 fully saturated rings. The van der Waals surface area contributed by atoms with Gasteiger partial charge in [0.15, 0.2) is 5.96 Å². The summed E-state index contributed by atoms with van der Waals surface area (Å²) in [6.45, 7) is 7.10. The number of para-hydroxylation sites is 3. The van der Waals surface area contributed by atoms with Gasteiger partial charge in [0.2, 0.25) is 5.91 Å². The van der Waals surface area contributed by atoms with Crippen LogP contribution in [0.2, 0.25) is 0 Å². The van der Waals surface area contributed by atoms with Crippen molar-refractivity contribution >= 4 is 52.6 Å². The summed E-state index contributed by atoms with van der Waals surface area (Å²) in [5, 5.41) is 6.47. The number of hydrogen-bond acceptors (Lipinski definition) is 4. The molecule has 0 spiro atoms. The molecule has 1 amide bonds. The summed E-state index contributed by atoms with van der Waals surface area (Å²) in [5.41, 5.74) is 3.41. The molecule has 9 heteroatoms. The van der Waals surface area contributed by atoms with Crippen LogP contribution in [0.1, 0.15) is 12.2 Å². The Bertz CT molecular complexity index is 1090. The first-order valence-corrected chi connectivity index (χ1v) is 11.6. The number of guanidine groups is 1. The number of nitrogens with one attached hydrogen (secondary N) is 2. The summed E-state index contributed by atoms with van der Waals surface area (Å²) in [6, 6.07) is 18.6. The van der Waals surface area contributed by atoms with Gasteiger partial charge in [-0.3, -0.25) is 9.79 Å². The van der Waals surface area contributed by atoms with Crippen LogP contribution in [0.15, 0.2) is 59.6 Å². The van der Waals surface area contributed by atoms with Gasteiger partial charge in [-0.15, -0.1) is 24.0 Å². The second kappa shape index (κ2) is 12.6. The molecule has 0 radical (unpaired) electrons. The zero-order valence-corrected chi connectivity index (χ0v) is 22.2. The number of anilines is 1. The van der Waals surface area contributed by atoms with Gasteiger partial charge in [-0.2, -0.15) is 0 Å². The minimum Gasteiger partial charge on any atom is -0.368 e. The minimum absolute atomic E-state index is 0. The van der Waals surface area contributed by atoms with Gasteiger partial charge in [-0.1, -0.05) is 30.3 Å². The van der Waals surface area contributed by atoms with E-state index in [1.165, 1.54) is 5.69 Å². The number of nitrogens with zero attached hydrogens (tertiary/aromatic N) is 5. The zero-order valence-electron chi connectivity index (χ0n) is 19.9. The fraction of sp³-hybridized carbons (Fsp3) is 0.400. The normalized spacial score (nSPS) is 14.1. The van der Waals surface area contributed by atoms with E-state index in [4.69, 9.17) is 0 Å². The Kier molecular flexibility index (Phi) is 9.55. The molecular weight excluding hydrogens is 541 g/mol. The number of carbonyl (C=O) groups excluding carboxylic acids is 1. The summed E-state index contributed by atoms with van der Waals surface area (Å²) in [4.78, 5) is 25.8. The Morgan fingerprint density at radius 1 is 1.00 bits per heavy atom. The van der Waals surface area contributed by atoms with Gasteiger partial charge in [-0.05, 0) is 37.6 Å². The number of amides is 1. The van der Waals surface area contributed by atoms with Crippen LogP contribution in [0.25, 0.3) is 11.0 Å². The largest absolute Gasteiger partial charge is 0.368 e. The van der Waals surface area contributed by atoms with Crippen LogP contribution in [0, 0.1) is 6.92 Å². The topological polar surface area (TPSA) is 77.8 Å². The summed E-state index contributed by atoms with van der Waals surface area (Å²) < 4.78 is 2.24. The van der Waals surface area contributed by atoms with E-state index >= 15 is 0 Å². The molecule has 0 saturated carbocycles. The first-order valence-electron chi connectivity index (χ1n) is 11.6. The summed E-state index contributed by atoms with van der Waals surface area (Å²) >= 11 is 0. The van der Waals surface area contributed by atoms with E-state index in [0.29, 0.717) is 5.96 Å². The predicted molar refractivity (Wildman–Crippen MR) is 149 cm³/mol. The summed E-state index contributed by atoms with van der Waals surface area (Å²) in [7, 11) is 1.73. The van der Waals surface area contributed by atoms with E-state index in [1.54, 1.807) is 7.05 Å². The SMILES string of the molecule is CN=C(NCCCn1c(C)nc2ccccc21)NCC(=O)N1CCN(c2ccccc2)CC1.I. The van der Waals surface area contributed by atoms with Crippen molar-refractivity contribution in [2.45, 2.75) is 19.9 Å². The van der Waals surface area contributed by atoms with Crippen LogP contribution in [0.5, 0.6) is 0 Å². The number of benzene rings is 2. The van der Waals surface area contributed by atoms with E-state index in [-0.39, 0.29) is 36.4 Å². The second-order valence-electron chi connectivity index (χ2n) is 8.21. The van der Waals surface area contributed by atoms with Gasteiger partial charge in [0, 0.05) is 52.0 Å². The van der Waals surface area contributed by atoms with Gasteiger partial charge in [-0.25, -0.2) is 4.98 Å². The molecule has 2 aromatic carbocycles. The van der Waals surface area contributed by atoms with Gasteiger partial charge in [0.05, 0.1) is 17.6 Å². The molecule has 182 valence electrons. The standard InChI is InChI=1S/C25H33N7O.HI/c1-20-29-22-11-6-7-12-23(22)32(20)14-8-13-27-25(26-2)28-19-24(33)31-17-15-30(16-18-31)21-9-4-3-5-10-21;/h3-7,9-12H,8,13-19H2,1-2H3,(H2,26,27,28);1H. The molecule has 2 heterocycles. The maximum atomic E-state index is 12.7. The van der Waals surface area contributed by atoms with Crippen LogP contribution in [-0.2, 0) is 11.3 Å². The molecular formula is C25H34IN7O. The molecule has 1 aliphatic rings. The molecule has 2 N–H and O–H groups in total. The maximum absolute atomic E-state index is 12.7. The molecule has 1 aliphatic heterocycles. The van der Waals surface area contributed by atoms with Crippen molar-refractivity contribution in [3.8, 4) is 0 Å². The van der Waals surface area contributed by atoms with Crippen molar-refractivity contribution in [1.29, 1.82) is 0 Å². The molecule has 4 rings (SSSR count). The van der Waals surface area contributed by atoms with Crippen molar-refractivity contribution in [2.75, 3.05) is 51.2 Å². The minimum atomic E-state index is 0. The van der Waals surface area contributed by atoms with Gasteiger partial charge < -0.3 is 25.0 Å². The van der Waals surface area contributed by atoms with Crippen molar-refractivity contribution < 1.29 is 4.79 Å². The number of rotatable bonds is 7. The Morgan fingerprint density at radius 3 is 2.44 bits per heavy atom. The summed E-state index contributed by atoms with van der Waals surface area (Å²) in [5.74, 6) is 1.78. The van der Waals surface area contributed by atoms with Gasteiger partial charge in [0.25, 0.3) is 0 Å². The highest BCUT2D eigenvalue weighted by Crippen LogP contribution is 2.16. The number of piperazine rings is 1. The second-order valence-corrected chi connectivity index (χ2v) is 8.21. The highest BCUT2D eigenvalue weighted by atomic mass is 127. The van der Waals surface area contributed by atoms with E-state index in [1.807, 2.05) is 48.2 Å². The Balaban J connectivity index is 0.00000324. The lowest BCUT2D eigenvalue weighted by molar-refractivity contribution is -0.130. The van der Waals surface area contributed by atoms with Gasteiger partial charge in [0.1, 0.15) is 5.82 Å². The van der Waals surface area contributed by atoms with Crippen LogP contribution < -0.4 is 15.5 Å². The average Bonchev–Trinajstić information content (AvgIpc) is 3.19. The van der Waals surface area contributed by atoms with Crippen molar-refractivity contribution in [3.05, 3.63) is 60.4 Å². The Labute approximate surface area is 218 Å². The molecule has 0 aliphatic carbocycles. The highest BCUT2D eigenvalue weighted by molar-refractivity contribution is 14.0. The van der Waals surface area contributed by atoms with Crippen molar-refractivity contribution in [3.63, 3.8) is 0 Å². The molecule has 0 unspecified atom stereocenters. The number of aryl methyl sites for hydroxylation is 2. The Morgan fingerprint density at radius 2 is 1.71 bits per heavy atom. The number of aliphatic imine (C=N–C) groups is 1. The van der Waals surface area contributed by atoms with E-state index in [0.717, 1.165) is 62.5 Å². The smallest absolute Gasteiger partial charge is 0.242 e. The lowest BCUT2D eigenvalue weighted by Crippen LogP contribution is -2.52. The number of fused-ring (bicyclic) bond motifs is 1. The van der Waals surface area contributed by atoms with E-state index < -0.39 is 0 Å².